The van der Waals surface area contributed by atoms with E-state index >= 15 is 0 Å². The van der Waals surface area contributed by atoms with E-state index in [0.29, 0.717) is 18.7 Å². The van der Waals surface area contributed by atoms with Gasteiger partial charge in [-0.15, -0.1) is 0 Å². The van der Waals surface area contributed by atoms with E-state index in [9.17, 15) is 9.59 Å². The fraction of sp³-hybridized carbons (Fsp3) is 0.440. The SMILES string of the molecule is COCC(=O)N1CCC(Oc2ccc(C(=O)N[C@@H]3CCCc4ccccc43)cc2)CC1. The van der Waals surface area contributed by atoms with Gasteiger partial charge in [0, 0.05) is 38.6 Å². The van der Waals surface area contributed by atoms with Gasteiger partial charge in [-0.2, -0.15) is 0 Å². The van der Waals surface area contributed by atoms with E-state index in [1.807, 2.05) is 35.2 Å². The Hall–Kier alpha value is -2.86. The number of carbonyl (C=O) groups is 2. The zero-order valence-electron chi connectivity index (χ0n) is 18.0. The molecule has 164 valence electrons. The molecule has 0 saturated carbocycles. The number of carbonyl (C=O) groups excluding carboxylic acids is 2. The standard InChI is InChI=1S/C25H30N2O4/c1-30-17-24(28)27-15-13-21(14-16-27)31-20-11-9-19(10-12-20)25(29)26-23-8-4-6-18-5-2-3-7-22(18)23/h2-3,5,7,9-12,21,23H,4,6,8,13-17H2,1H3,(H,26,29)/t23-/m1/s1. The Morgan fingerprint density at radius 2 is 1.77 bits per heavy atom. The predicted octanol–water partition coefficient (Wildman–Crippen LogP) is 3.51. The van der Waals surface area contributed by atoms with Crippen LogP contribution < -0.4 is 10.1 Å². The van der Waals surface area contributed by atoms with Gasteiger partial charge >= 0.3 is 0 Å². The van der Waals surface area contributed by atoms with Crippen LogP contribution in [0.25, 0.3) is 0 Å². The van der Waals surface area contributed by atoms with Crippen LogP contribution in [0.2, 0.25) is 0 Å². The van der Waals surface area contributed by atoms with Crippen LogP contribution in [0.4, 0.5) is 0 Å². The highest BCUT2D eigenvalue weighted by Crippen LogP contribution is 2.29. The number of hydrogen-bond donors (Lipinski definition) is 1. The summed E-state index contributed by atoms with van der Waals surface area (Å²) < 4.78 is 11.0. The number of ether oxygens (including phenoxy) is 2. The van der Waals surface area contributed by atoms with Crippen molar-refractivity contribution in [2.45, 2.75) is 44.2 Å². The van der Waals surface area contributed by atoms with Gasteiger partial charge in [-0.25, -0.2) is 0 Å². The van der Waals surface area contributed by atoms with Gasteiger partial charge in [0.2, 0.25) is 5.91 Å². The van der Waals surface area contributed by atoms with Crippen molar-refractivity contribution in [3.63, 3.8) is 0 Å². The second-order valence-electron chi connectivity index (χ2n) is 8.27. The Kier molecular flexibility index (Phi) is 6.87. The molecule has 6 heteroatoms. The summed E-state index contributed by atoms with van der Waals surface area (Å²) in [6, 6.07) is 15.8. The molecule has 0 unspecified atom stereocenters. The number of rotatable bonds is 6. The van der Waals surface area contributed by atoms with E-state index < -0.39 is 0 Å². The van der Waals surface area contributed by atoms with Crippen molar-refractivity contribution < 1.29 is 19.1 Å². The maximum absolute atomic E-state index is 12.8. The third kappa shape index (κ3) is 5.25. The van der Waals surface area contributed by atoms with Gasteiger partial charge in [0.15, 0.2) is 0 Å². The van der Waals surface area contributed by atoms with E-state index in [0.717, 1.165) is 37.9 Å². The fourth-order valence-corrected chi connectivity index (χ4v) is 4.46. The van der Waals surface area contributed by atoms with Crippen molar-refractivity contribution in [1.82, 2.24) is 10.2 Å². The molecule has 1 fully saturated rings. The summed E-state index contributed by atoms with van der Waals surface area (Å²) in [6.45, 7) is 1.48. The third-order valence-electron chi connectivity index (χ3n) is 6.16. The number of nitrogens with one attached hydrogen (secondary N) is 1. The molecule has 1 heterocycles. The number of methoxy groups -OCH3 is 1. The molecule has 1 N–H and O–H groups in total. The summed E-state index contributed by atoms with van der Waals surface area (Å²) in [5.74, 6) is 0.719. The van der Waals surface area contributed by atoms with Crippen molar-refractivity contribution in [3.05, 3.63) is 65.2 Å². The molecule has 0 bridgehead atoms. The molecule has 1 saturated heterocycles. The second kappa shape index (κ2) is 9.96. The molecular weight excluding hydrogens is 392 g/mol. The molecule has 4 rings (SSSR count). The van der Waals surface area contributed by atoms with Crippen molar-refractivity contribution >= 4 is 11.8 Å². The fourth-order valence-electron chi connectivity index (χ4n) is 4.46. The summed E-state index contributed by atoms with van der Waals surface area (Å²) in [5.41, 5.74) is 3.20. The molecule has 0 spiro atoms. The van der Waals surface area contributed by atoms with Crippen LogP contribution in [0.1, 0.15) is 53.2 Å². The maximum Gasteiger partial charge on any atom is 0.251 e. The van der Waals surface area contributed by atoms with Crippen molar-refractivity contribution in [2.24, 2.45) is 0 Å². The Morgan fingerprint density at radius 3 is 2.52 bits per heavy atom. The molecule has 2 aliphatic rings. The maximum atomic E-state index is 12.8. The molecule has 31 heavy (non-hydrogen) atoms. The number of piperidine rings is 1. The first-order valence-electron chi connectivity index (χ1n) is 11.1. The van der Waals surface area contributed by atoms with Crippen LogP contribution in [-0.4, -0.2) is 49.6 Å². The Morgan fingerprint density at radius 1 is 1.03 bits per heavy atom. The molecule has 2 aromatic rings. The van der Waals surface area contributed by atoms with Crippen LogP contribution >= 0.6 is 0 Å². The molecule has 2 aromatic carbocycles. The van der Waals surface area contributed by atoms with Gasteiger partial charge in [0.1, 0.15) is 18.5 Å². The average Bonchev–Trinajstić information content (AvgIpc) is 2.80. The van der Waals surface area contributed by atoms with Crippen molar-refractivity contribution in [3.8, 4) is 5.75 Å². The minimum atomic E-state index is -0.0572. The number of hydrogen-bond acceptors (Lipinski definition) is 4. The number of amides is 2. The van der Waals surface area contributed by atoms with Crippen LogP contribution in [0, 0.1) is 0 Å². The van der Waals surface area contributed by atoms with Crippen LogP contribution in [-0.2, 0) is 16.0 Å². The summed E-state index contributed by atoms with van der Waals surface area (Å²) in [7, 11) is 1.53. The molecule has 1 aliphatic heterocycles. The summed E-state index contributed by atoms with van der Waals surface area (Å²) in [4.78, 5) is 26.5. The molecule has 0 radical (unpaired) electrons. The van der Waals surface area contributed by atoms with E-state index in [-0.39, 0.29) is 30.6 Å². The number of nitrogens with zero attached hydrogens (tertiary/aromatic N) is 1. The monoisotopic (exact) mass is 422 g/mol. The summed E-state index contributed by atoms with van der Waals surface area (Å²) in [6.07, 6.45) is 4.79. The highest BCUT2D eigenvalue weighted by atomic mass is 16.5. The summed E-state index contributed by atoms with van der Waals surface area (Å²) in [5, 5.41) is 3.19. The molecule has 2 amide bonds. The number of aryl methyl sites for hydroxylation is 1. The zero-order valence-corrected chi connectivity index (χ0v) is 18.0. The zero-order chi connectivity index (χ0) is 21.6. The van der Waals surface area contributed by atoms with E-state index in [4.69, 9.17) is 9.47 Å². The topological polar surface area (TPSA) is 67.9 Å². The lowest BCUT2D eigenvalue weighted by Gasteiger charge is -2.32. The molecule has 6 nitrogen and oxygen atoms in total. The van der Waals surface area contributed by atoms with E-state index in [2.05, 4.69) is 23.5 Å². The van der Waals surface area contributed by atoms with Gasteiger partial charge in [-0.3, -0.25) is 9.59 Å². The minimum absolute atomic E-state index is 0.0249. The molecule has 1 aliphatic carbocycles. The smallest absolute Gasteiger partial charge is 0.251 e. The van der Waals surface area contributed by atoms with Crippen LogP contribution in [0.15, 0.2) is 48.5 Å². The number of likely N-dealkylation sites (tertiary alicyclic amines) is 1. The van der Waals surface area contributed by atoms with E-state index in [1.54, 1.807) is 0 Å². The van der Waals surface area contributed by atoms with Gasteiger partial charge in [0.05, 0.1) is 6.04 Å². The van der Waals surface area contributed by atoms with Gasteiger partial charge < -0.3 is 19.7 Å². The Bertz CT molecular complexity index is 904. The van der Waals surface area contributed by atoms with Gasteiger partial charge in [-0.05, 0) is 54.7 Å². The van der Waals surface area contributed by atoms with Crippen LogP contribution in [0.3, 0.4) is 0 Å². The third-order valence-corrected chi connectivity index (χ3v) is 6.16. The first kappa shape index (κ1) is 21.4. The molecular formula is C25H30N2O4. The largest absolute Gasteiger partial charge is 0.490 e. The molecule has 1 atom stereocenters. The average molecular weight is 423 g/mol. The Labute approximate surface area is 183 Å². The van der Waals surface area contributed by atoms with E-state index in [1.165, 1.54) is 18.2 Å². The summed E-state index contributed by atoms with van der Waals surface area (Å²) >= 11 is 0. The van der Waals surface area contributed by atoms with Crippen LogP contribution in [0.5, 0.6) is 5.75 Å². The second-order valence-corrected chi connectivity index (χ2v) is 8.27. The predicted molar refractivity (Wildman–Crippen MR) is 118 cm³/mol. The quantitative estimate of drug-likeness (QED) is 0.774. The molecule has 0 aromatic heterocycles. The highest BCUT2D eigenvalue weighted by Gasteiger charge is 2.24. The highest BCUT2D eigenvalue weighted by molar-refractivity contribution is 5.94. The lowest BCUT2D eigenvalue weighted by atomic mass is 9.87. The van der Waals surface area contributed by atoms with Crippen molar-refractivity contribution in [2.75, 3.05) is 26.8 Å². The Balaban J connectivity index is 1.30. The minimum Gasteiger partial charge on any atom is -0.490 e. The van der Waals surface area contributed by atoms with Gasteiger partial charge in [-0.1, -0.05) is 24.3 Å². The first-order chi connectivity index (χ1) is 15.1. The lowest BCUT2D eigenvalue weighted by molar-refractivity contribution is -0.136. The number of benzene rings is 2. The normalized spacial score (nSPS) is 18.9. The van der Waals surface area contributed by atoms with Crippen molar-refractivity contribution in [1.29, 1.82) is 0 Å². The first-order valence-corrected chi connectivity index (χ1v) is 11.1. The number of fused-ring (bicyclic) bond motifs is 1. The van der Waals surface area contributed by atoms with Gasteiger partial charge in [0.25, 0.3) is 5.91 Å². The lowest BCUT2D eigenvalue weighted by Crippen LogP contribution is -2.43.